The van der Waals surface area contributed by atoms with Crippen LogP contribution in [0.4, 0.5) is 5.69 Å². The Hall–Kier alpha value is -2.35. The minimum absolute atomic E-state index is 0.114. The molecule has 2 rings (SSSR count). The van der Waals surface area contributed by atoms with Gasteiger partial charge in [0.1, 0.15) is 0 Å². The Kier molecular flexibility index (Phi) is 5.54. The molecular weight excluding hydrogens is 270 g/mol. The molecular formula is C20H23NO. The van der Waals surface area contributed by atoms with Crippen molar-refractivity contribution >= 4 is 17.7 Å². The van der Waals surface area contributed by atoms with E-state index >= 15 is 0 Å². The van der Waals surface area contributed by atoms with Crippen molar-refractivity contribution in [3.8, 4) is 0 Å². The van der Waals surface area contributed by atoms with Crippen molar-refractivity contribution in [1.29, 1.82) is 0 Å². The van der Waals surface area contributed by atoms with Crippen LogP contribution < -0.4 is 5.32 Å². The molecule has 1 N–H and O–H groups in total. The second-order valence-electron chi connectivity index (χ2n) is 5.69. The first-order valence-corrected chi connectivity index (χ1v) is 7.76. The Bertz CT molecular complexity index is 636. The number of carbonyl (C=O) groups is 1. The lowest BCUT2D eigenvalue weighted by molar-refractivity contribution is -0.111. The number of nitrogens with one attached hydrogen (secondary N) is 1. The summed E-state index contributed by atoms with van der Waals surface area (Å²) in [6.07, 6.45) is 4.40. The molecule has 0 radical (unpaired) electrons. The van der Waals surface area contributed by atoms with Gasteiger partial charge in [-0.2, -0.15) is 0 Å². The fourth-order valence-electron chi connectivity index (χ4n) is 2.17. The zero-order chi connectivity index (χ0) is 15.9. The first-order valence-electron chi connectivity index (χ1n) is 7.76. The number of hydrogen-bond donors (Lipinski definition) is 1. The number of hydrogen-bond acceptors (Lipinski definition) is 1. The fourth-order valence-corrected chi connectivity index (χ4v) is 2.17. The van der Waals surface area contributed by atoms with Crippen molar-refractivity contribution < 1.29 is 4.79 Å². The number of amides is 1. The molecule has 0 unspecified atom stereocenters. The van der Waals surface area contributed by atoms with Gasteiger partial charge >= 0.3 is 0 Å². The van der Waals surface area contributed by atoms with Gasteiger partial charge in [0.15, 0.2) is 0 Å². The summed E-state index contributed by atoms with van der Waals surface area (Å²) in [4.78, 5) is 11.9. The van der Waals surface area contributed by atoms with Gasteiger partial charge in [0.05, 0.1) is 0 Å². The van der Waals surface area contributed by atoms with Crippen molar-refractivity contribution in [2.45, 2.75) is 33.1 Å². The first kappa shape index (κ1) is 16.0. The van der Waals surface area contributed by atoms with E-state index in [1.807, 2.05) is 42.5 Å². The lowest BCUT2D eigenvalue weighted by Crippen LogP contribution is -2.07. The van der Waals surface area contributed by atoms with Gasteiger partial charge in [0.2, 0.25) is 5.91 Å². The maximum atomic E-state index is 11.9. The summed E-state index contributed by atoms with van der Waals surface area (Å²) in [5.41, 5.74) is 4.42. The second-order valence-corrected chi connectivity index (χ2v) is 5.69. The first-order chi connectivity index (χ1) is 10.6. The van der Waals surface area contributed by atoms with Crippen LogP contribution >= 0.6 is 0 Å². The van der Waals surface area contributed by atoms with E-state index in [1.54, 1.807) is 6.08 Å². The highest BCUT2D eigenvalue weighted by Gasteiger charge is 1.99. The summed E-state index contributed by atoms with van der Waals surface area (Å²) in [6, 6.07) is 16.2. The Morgan fingerprint density at radius 1 is 1.05 bits per heavy atom. The van der Waals surface area contributed by atoms with Crippen LogP contribution in [0.2, 0.25) is 0 Å². The van der Waals surface area contributed by atoms with Gasteiger partial charge < -0.3 is 5.32 Å². The summed E-state index contributed by atoms with van der Waals surface area (Å²) >= 11 is 0. The SMILES string of the molecule is CCc1ccc(NC(=O)C=Cc2ccc(C(C)C)cc2)cc1. The van der Waals surface area contributed by atoms with Crippen LogP contribution in [0.3, 0.4) is 0 Å². The zero-order valence-electron chi connectivity index (χ0n) is 13.5. The Morgan fingerprint density at radius 3 is 2.23 bits per heavy atom. The van der Waals surface area contributed by atoms with E-state index in [0.717, 1.165) is 17.7 Å². The lowest BCUT2D eigenvalue weighted by atomic mass is 10.0. The molecule has 0 aromatic heterocycles. The molecule has 1 amide bonds. The molecule has 0 spiro atoms. The molecule has 0 atom stereocenters. The normalized spacial score (nSPS) is 11.1. The lowest BCUT2D eigenvalue weighted by Gasteiger charge is -2.05. The van der Waals surface area contributed by atoms with Crippen LogP contribution in [0.15, 0.2) is 54.6 Å². The monoisotopic (exact) mass is 293 g/mol. The van der Waals surface area contributed by atoms with E-state index in [0.29, 0.717) is 5.92 Å². The molecule has 2 aromatic carbocycles. The predicted octanol–water partition coefficient (Wildman–Crippen LogP) is 5.02. The number of carbonyl (C=O) groups excluding carboxylic acids is 1. The zero-order valence-corrected chi connectivity index (χ0v) is 13.5. The number of anilines is 1. The molecule has 0 bridgehead atoms. The molecule has 0 fully saturated rings. The highest BCUT2D eigenvalue weighted by atomic mass is 16.1. The standard InChI is InChI=1S/C20H23NO/c1-4-16-7-12-19(13-8-16)21-20(22)14-9-17-5-10-18(11-6-17)15(2)3/h5-15H,4H2,1-3H3,(H,21,22). The van der Waals surface area contributed by atoms with Gasteiger partial charge in [0.25, 0.3) is 0 Å². The Morgan fingerprint density at radius 2 is 1.68 bits per heavy atom. The van der Waals surface area contributed by atoms with E-state index < -0.39 is 0 Å². The minimum atomic E-state index is -0.114. The van der Waals surface area contributed by atoms with E-state index in [4.69, 9.17) is 0 Å². The van der Waals surface area contributed by atoms with Crippen LogP contribution in [-0.4, -0.2) is 5.91 Å². The minimum Gasteiger partial charge on any atom is -0.323 e. The Balaban J connectivity index is 1.95. The van der Waals surface area contributed by atoms with Crippen molar-refractivity contribution in [3.05, 3.63) is 71.3 Å². The fraction of sp³-hybridized carbons (Fsp3) is 0.250. The summed E-state index contributed by atoms with van der Waals surface area (Å²) < 4.78 is 0. The maximum absolute atomic E-state index is 11.9. The summed E-state index contributed by atoms with van der Waals surface area (Å²) in [7, 11) is 0. The van der Waals surface area contributed by atoms with E-state index in [2.05, 4.69) is 38.2 Å². The second kappa shape index (κ2) is 7.60. The number of rotatable bonds is 5. The van der Waals surface area contributed by atoms with Crippen molar-refractivity contribution in [1.82, 2.24) is 0 Å². The van der Waals surface area contributed by atoms with Crippen LogP contribution in [0.1, 0.15) is 43.4 Å². The summed E-state index contributed by atoms with van der Waals surface area (Å²) in [5.74, 6) is 0.407. The van der Waals surface area contributed by atoms with Crippen molar-refractivity contribution in [2.24, 2.45) is 0 Å². The molecule has 0 aliphatic rings. The van der Waals surface area contributed by atoms with Gasteiger partial charge in [-0.05, 0) is 47.2 Å². The average molecular weight is 293 g/mol. The van der Waals surface area contributed by atoms with Crippen molar-refractivity contribution in [3.63, 3.8) is 0 Å². The molecule has 22 heavy (non-hydrogen) atoms. The maximum Gasteiger partial charge on any atom is 0.248 e. The predicted molar refractivity (Wildman–Crippen MR) is 94.0 cm³/mol. The molecule has 0 aliphatic heterocycles. The highest BCUT2D eigenvalue weighted by Crippen LogP contribution is 2.15. The molecule has 0 saturated heterocycles. The quantitative estimate of drug-likeness (QED) is 0.770. The Labute approximate surface area is 132 Å². The van der Waals surface area contributed by atoms with Gasteiger partial charge in [-0.15, -0.1) is 0 Å². The summed E-state index contributed by atoms with van der Waals surface area (Å²) in [6.45, 7) is 6.45. The average Bonchev–Trinajstić information content (AvgIpc) is 2.54. The van der Waals surface area contributed by atoms with Gasteiger partial charge in [0, 0.05) is 11.8 Å². The number of benzene rings is 2. The van der Waals surface area contributed by atoms with Gasteiger partial charge in [-0.1, -0.05) is 57.2 Å². The smallest absolute Gasteiger partial charge is 0.248 e. The third-order valence-corrected chi connectivity index (χ3v) is 3.66. The third-order valence-electron chi connectivity index (χ3n) is 3.66. The summed E-state index contributed by atoms with van der Waals surface area (Å²) in [5, 5.41) is 2.87. The third kappa shape index (κ3) is 4.59. The molecule has 2 aromatic rings. The van der Waals surface area contributed by atoms with E-state index in [9.17, 15) is 4.79 Å². The molecule has 114 valence electrons. The van der Waals surface area contributed by atoms with Crippen LogP contribution in [-0.2, 0) is 11.2 Å². The van der Waals surface area contributed by atoms with Gasteiger partial charge in [-0.25, -0.2) is 0 Å². The number of aryl methyl sites for hydroxylation is 1. The molecule has 0 heterocycles. The van der Waals surface area contributed by atoms with Crippen LogP contribution in [0.25, 0.3) is 6.08 Å². The van der Waals surface area contributed by atoms with E-state index in [-0.39, 0.29) is 5.91 Å². The molecule has 0 aliphatic carbocycles. The van der Waals surface area contributed by atoms with Crippen LogP contribution in [0, 0.1) is 0 Å². The van der Waals surface area contributed by atoms with E-state index in [1.165, 1.54) is 11.1 Å². The van der Waals surface area contributed by atoms with Gasteiger partial charge in [-0.3, -0.25) is 4.79 Å². The largest absolute Gasteiger partial charge is 0.323 e. The topological polar surface area (TPSA) is 29.1 Å². The van der Waals surface area contributed by atoms with Crippen molar-refractivity contribution in [2.75, 3.05) is 5.32 Å². The molecule has 2 nitrogen and oxygen atoms in total. The highest BCUT2D eigenvalue weighted by molar-refractivity contribution is 6.01. The van der Waals surface area contributed by atoms with Crippen LogP contribution in [0.5, 0.6) is 0 Å². The molecule has 2 heteroatoms. The molecule has 0 saturated carbocycles.